The Morgan fingerprint density at radius 3 is 2.37 bits per heavy atom. The lowest BCUT2D eigenvalue weighted by Gasteiger charge is -2.30. The first-order valence-corrected chi connectivity index (χ1v) is 6.66. The number of aryl methyl sites for hydroxylation is 1. The zero-order chi connectivity index (χ0) is 14.2. The maximum Gasteiger partial charge on any atom is 0.254 e. The molecule has 1 aliphatic heterocycles. The van der Waals surface area contributed by atoms with Crippen molar-refractivity contribution in [1.29, 1.82) is 0 Å². The molecule has 0 atom stereocenters. The topological polar surface area (TPSA) is 20.3 Å². The number of halogens is 2. The molecule has 0 bridgehead atoms. The van der Waals surface area contributed by atoms with E-state index in [1.807, 2.05) is 0 Å². The van der Waals surface area contributed by atoms with Crippen LogP contribution in [0.4, 0.5) is 8.78 Å². The molecule has 0 N–H and O–H groups in total. The Kier molecular flexibility index (Phi) is 3.88. The average Bonchev–Trinajstić information content (AvgIpc) is 2.40. The molecule has 1 amide bonds. The molecule has 1 heterocycles. The molecule has 1 aromatic carbocycles. The van der Waals surface area contributed by atoms with Crippen molar-refractivity contribution in [2.24, 2.45) is 5.92 Å². The van der Waals surface area contributed by atoms with Gasteiger partial charge in [0.2, 0.25) is 0 Å². The molecule has 1 saturated heterocycles. The van der Waals surface area contributed by atoms with E-state index in [9.17, 15) is 13.6 Å². The van der Waals surface area contributed by atoms with Crippen LogP contribution in [-0.4, -0.2) is 23.9 Å². The molecule has 2 rings (SSSR count). The van der Waals surface area contributed by atoms with E-state index in [1.54, 1.807) is 4.90 Å². The highest BCUT2D eigenvalue weighted by Gasteiger charge is 2.25. The summed E-state index contributed by atoms with van der Waals surface area (Å²) < 4.78 is 27.1. The molecule has 1 aromatic rings. The fourth-order valence-corrected chi connectivity index (χ4v) is 2.45. The SMILES string of the molecule is Cc1cc(C(=O)N2CCC(C)CC2)c(C)c(F)c1F. The quantitative estimate of drug-likeness (QED) is 0.763. The maximum atomic E-state index is 13.7. The van der Waals surface area contributed by atoms with Crippen molar-refractivity contribution in [2.75, 3.05) is 13.1 Å². The van der Waals surface area contributed by atoms with Gasteiger partial charge in [-0.1, -0.05) is 6.92 Å². The van der Waals surface area contributed by atoms with E-state index in [4.69, 9.17) is 0 Å². The van der Waals surface area contributed by atoms with Crippen LogP contribution in [-0.2, 0) is 0 Å². The molecule has 104 valence electrons. The second-order valence-corrected chi connectivity index (χ2v) is 5.47. The minimum atomic E-state index is -0.909. The monoisotopic (exact) mass is 267 g/mol. The minimum Gasteiger partial charge on any atom is -0.339 e. The van der Waals surface area contributed by atoms with E-state index >= 15 is 0 Å². The van der Waals surface area contributed by atoms with E-state index in [0.717, 1.165) is 12.8 Å². The molecule has 2 nitrogen and oxygen atoms in total. The van der Waals surface area contributed by atoms with Crippen LogP contribution in [0.2, 0.25) is 0 Å². The van der Waals surface area contributed by atoms with E-state index in [-0.39, 0.29) is 22.6 Å². The summed E-state index contributed by atoms with van der Waals surface area (Å²) in [6, 6.07) is 1.45. The third kappa shape index (κ3) is 2.62. The number of benzene rings is 1. The second kappa shape index (κ2) is 5.27. The Balaban J connectivity index is 2.29. The number of nitrogens with zero attached hydrogens (tertiary/aromatic N) is 1. The van der Waals surface area contributed by atoms with Gasteiger partial charge in [-0.25, -0.2) is 8.78 Å². The van der Waals surface area contributed by atoms with Crippen LogP contribution in [0.15, 0.2) is 6.07 Å². The van der Waals surface area contributed by atoms with Crippen molar-refractivity contribution in [3.63, 3.8) is 0 Å². The van der Waals surface area contributed by atoms with Gasteiger partial charge in [0, 0.05) is 24.2 Å². The van der Waals surface area contributed by atoms with Crippen LogP contribution >= 0.6 is 0 Å². The summed E-state index contributed by atoms with van der Waals surface area (Å²) in [5.41, 5.74) is 0.564. The lowest BCUT2D eigenvalue weighted by Crippen LogP contribution is -2.38. The third-order valence-electron chi connectivity index (χ3n) is 3.93. The summed E-state index contributed by atoms with van der Waals surface area (Å²) in [5.74, 6) is -1.33. The molecule has 0 saturated carbocycles. The first-order valence-electron chi connectivity index (χ1n) is 6.66. The Labute approximate surface area is 112 Å². The Morgan fingerprint density at radius 1 is 1.21 bits per heavy atom. The highest BCUT2D eigenvalue weighted by atomic mass is 19.2. The number of hydrogen-bond acceptors (Lipinski definition) is 1. The zero-order valence-corrected chi connectivity index (χ0v) is 11.6. The molecular weight excluding hydrogens is 248 g/mol. The fourth-order valence-electron chi connectivity index (χ4n) is 2.45. The van der Waals surface area contributed by atoms with Gasteiger partial charge in [0.25, 0.3) is 5.91 Å². The second-order valence-electron chi connectivity index (χ2n) is 5.47. The third-order valence-corrected chi connectivity index (χ3v) is 3.93. The van der Waals surface area contributed by atoms with Gasteiger partial charge in [-0.15, -0.1) is 0 Å². The summed E-state index contributed by atoms with van der Waals surface area (Å²) in [6.07, 6.45) is 1.93. The van der Waals surface area contributed by atoms with Gasteiger partial charge in [0.1, 0.15) is 0 Å². The lowest BCUT2D eigenvalue weighted by atomic mass is 9.97. The van der Waals surface area contributed by atoms with E-state index in [2.05, 4.69) is 6.92 Å². The van der Waals surface area contributed by atoms with Crippen LogP contribution in [0.25, 0.3) is 0 Å². The van der Waals surface area contributed by atoms with Crippen molar-refractivity contribution in [3.05, 3.63) is 34.4 Å². The molecule has 19 heavy (non-hydrogen) atoms. The van der Waals surface area contributed by atoms with Crippen molar-refractivity contribution < 1.29 is 13.6 Å². The summed E-state index contributed by atoms with van der Waals surface area (Å²) in [6.45, 7) is 6.48. The van der Waals surface area contributed by atoms with E-state index in [1.165, 1.54) is 19.9 Å². The summed E-state index contributed by atoms with van der Waals surface area (Å²) in [4.78, 5) is 14.1. The van der Waals surface area contributed by atoms with Crippen molar-refractivity contribution >= 4 is 5.91 Å². The van der Waals surface area contributed by atoms with Crippen LogP contribution in [0, 0.1) is 31.4 Å². The normalized spacial score (nSPS) is 16.8. The number of rotatable bonds is 1. The first kappa shape index (κ1) is 14.0. The number of hydrogen-bond donors (Lipinski definition) is 0. The highest BCUT2D eigenvalue weighted by molar-refractivity contribution is 5.96. The maximum absolute atomic E-state index is 13.7. The molecule has 0 radical (unpaired) electrons. The van der Waals surface area contributed by atoms with E-state index < -0.39 is 11.6 Å². The Morgan fingerprint density at radius 2 is 1.79 bits per heavy atom. The molecule has 0 unspecified atom stereocenters. The van der Waals surface area contributed by atoms with Gasteiger partial charge < -0.3 is 4.90 Å². The summed E-state index contributed by atoms with van der Waals surface area (Å²) in [7, 11) is 0. The Bertz CT molecular complexity index is 505. The molecular formula is C15H19F2NO. The zero-order valence-electron chi connectivity index (χ0n) is 11.6. The predicted octanol–water partition coefficient (Wildman–Crippen LogP) is 3.45. The van der Waals surface area contributed by atoms with Gasteiger partial charge in [0.15, 0.2) is 11.6 Å². The smallest absolute Gasteiger partial charge is 0.254 e. The summed E-state index contributed by atoms with van der Waals surface area (Å²) in [5, 5.41) is 0. The number of carbonyl (C=O) groups is 1. The van der Waals surface area contributed by atoms with Crippen LogP contribution < -0.4 is 0 Å². The number of likely N-dealkylation sites (tertiary alicyclic amines) is 1. The van der Waals surface area contributed by atoms with Crippen LogP contribution in [0.3, 0.4) is 0 Å². The van der Waals surface area contributed by atoms with Gasteiger partial charge in [-0.05, 0) is 44.2 Å². The molecule has 0 aromatic heterocycles. The number of carbonyl (C=O) groups excluding carboxylic acids is 1. The fraction of sp³-hybridized carbons (Fsp3) is 0.533. The van der Waals surface area contributed by atoms with Gasteiger partial charge in [-0.2, -0.15) is 0 Å². The molecule has 1 fully saturated rings. The van der Waals surface area contributed by atoms with Gasteiger partial charge in [0.05, 0.1) is 0 Å². The molecule has 0 aliphatic carbocycles. The van der Waals surface area contributed by atoms with Crippen LogP contribution in [0.1, 0.15) is 41.3 Å². The molecule has 4 heteroatoms. The standard InChI is InChI=1S/C15H19F2NO/c1-9-4-6-18(7-5-9)15(19)12-8-10(2)13(16)14(17)11(12)3/h8-9H,4-7H2,1-3H3. The largest absolute Gasteiger partial charge is 0.339 e. The predicted molar refractivity (Wildman–Crippen MR) is 70.1 cm³/mol. The van der Waals surface area contributed by atoms with Crippen molar-refractivity contribution in [1.82, 2.24) is 4.90 Å². The molecule has 0 spiro atoms. The number of piperidine rings is 1. The van der Waals surface area contributed by atoms with Crippen LogP contribution in [0.5, 0.6) is 0 Å². The van der Waals surface area contributed by atoms with Crippen molar-refractivity contribution in [2.45, 2.75) is 33.6 Å². The number of amides is 1. The average molecular weight is 267 g/mol. The van der Waals surface area contributed by atoms with Crippen molar-refractivity contribution in [3.8, 4) is 0 Å². The minimum absolute atomic E-state index is 0.103. The van der Waals surface area contributed by atoms with Gasteiger partial charge in [-0.3, -0.25) is 4.79 Å². The first-order chi connectivity index (χ1) is 8.91. The summed E-state index contributed by atoms with van der Waals surface area (Å²) >= 11 is 0. The van der Waals surface area contributed by atoms with E-state index in [0.29, 0.717) is 19.0 Å². The lowest BCUT2D eigenvalue weighted by molar-refractivity contribution is 0.0695. The van der Waals surface area contributed by atoms with Gasteiger partial charge >= 0.3 is 0 Å². The molecule has 1 aliphatic rings. The highest BCUT2D eigenvalue weighted by Crippen LogP contribution is 2.23. The Hall–Kier alpha value is -1.45.